The van der Waals surface area contributed by atoms with E-state index in [1.165, 1.54) is 23.9 Å². The van der Waals surface area contributed by atoms with Crippen LogP contribution in [-0.4, -0.2) is 27.6 Å². The number of aryl methyl sites for hydroxylation is 2. The van der Waals surface area contributed by atoms with E-state index < -0.39 is 5.97 Å². The van der Waals surface area contributed by atoms with E-state index in [4.69, 9.17) is 4.98 Å². The van der Waals surface area contributed by atoms with E-state index in [9.17, 15) is 14.3 Å². The van der Waals surface area contributed by atoms with Crippen LogP contribution >= 0.6 is 15.9 Å². The average Bonchev–Trinajstić information content (AvgIpc) is 3.04. The molecule has 166 valence electrons. The minimum absolute atomic E-state index is 0.0948. The van der Waals surface area contributed by atoms with Crippen LogP contribution in [0.2, 0.25) is 0 Å². The topological polar surface area (TPSA) is 66.3 Å². The monoisotopic (exact) mass is 497 g/mol. The van der Waals surface area contributed by atoms with Crippen molar-refractivity contribution < 1.29 is 14.3 Å². The second-order valence-corrected chi connectivity index (χ2v) is 8.90. The lowest BCUT2D eigenvalue weighted by atomic mass is 10.0. The van der Waals surface area contributed by atoms with Crippen LogP contribution < -0.4 is 4.90 Å². The van der Waals surface area contributed by atoms with Crippen molar-refractivity contribution in [3.05, 3.63) is 87.4 Å². The molecule has 1 saturated heterocycles. The van der Waals surface area contributed by atoms with Crippen molar-refractivity contribution in [2.24, 2.45) is 0 Å². The maximum atomic E-state index is 13.6. The number of hydrogen-bond donors (Lipinski definition) is 1. The molecule has 1 N–H and O–H groups in total. The third-order valence-corrected chi connectivity index (χ3v) is 6.62. The summed E-state index contributed by atoms with van der Waals surface area (Å²) in [6, 6.07) is 14.7. The third kappa shape index (κ3) is 5.15. The van der Waals surface area contributed by atoms with Crippen molar-refractivity contribution >= 4 is 27.8 Å². The number of halogens is 2. The summed E-state index contributed by atoms with van der Waals surface area (Å²) in [7, 11) is 0. The molecule has 32 heavy (non-hydrogen) atoms. The van der Waals surface area contributed by atoms with Gasteiger partial charge in [-0.1, -0.05) is 59.1 Å². The van der Waals surface area contributed by atoms with Crippen LogP contribution in [0.4, 0.5) is 10.3 Å². The van der Waals surface area contributed by atoms with Gasteiger partial charge < -0.3 is 10.0 Å². The number of nitrogens with zero attached hydrogens (tertiary/aromatic N) is 3. The van der Waals surface area contributed by atoms with Gasteiger partial charge in [0, 0.05) is 17.2 Å². The fourth-order valence-corrected chi connectivity index (χ4v) is 4.83. The summed E-state index contributed by atoms with van der Waals surface area (Å²) in [6.45, 7) is 0.807. The molecule has 1 aliphatic rings. The quantitative estimate of drug-likeness (QED) is 0.453. The number of aromatic nitrogens is 2. The lowest BCUT2D eigenvalue weighted by Crippen LogP contribution is -2.31. The van der Waals surface area contributed by atoms with Crippen molar-refractivity contribution in [2.75, 3.05) is 11.4 Å². The van der Waals surface area contributed by atoms with E-state index in [0.717, 1.165) is 42.3 Å². The van der Waals surface area contributed by atoms with Gasteiger partial charge in [-0.05, 0) is 55.0 Å². The molecule has 5 nitrogen and oxygen atoms in total. The number of hydrogen-bond acceptors (Lipinski definition) is 4. The molecule has 0 aliphatic carbocycles. The summed E-state index contributed by atoms with van der Waals surface area (Å²) in [4.78, 5) is 23.2. The third-order valence-electron chi connectivity index (χ3n) is 5.90. The maximum Gasteiger partial charge on any atom is 0.339 e. The number of rotatable bonds is 6. The molecular weight excluding hydrogens is 473 g/mol. The summed E-state index contributed by atoms with van der Waals surface area (Å²) in [5.41, 5.74) is 2.56. The molecule has 1 fully saturated rings. The second-order valence-electron chi connectivity index (χ2n) is 8.05. The van der Waals surface area contributed by atoms with Gasteiger partial charge in [-0.2, -0.15) is 0 Å². The van der Waals surface area contributed by atoms with Gasteiger partial charge in [0.1, 0.15) is 5.82 Å². The highest BCUT2D eigenvalue weighted by atomic mass is 79.9. The molecule has 2 aromatic carbocycles. The maximum absolute atomic E-state index is 13.6. The van der Waals surface area contributed by atoms with Crippen LogP contribution in [0, 0.1) is 5.82 Å². The number of aromatic carboxylic acids is 1. The SMILES string of the molecule is O=C(O)c1cnc(N2CCCCC[C@@H]2c2ccccc2Br)nc1CCc1cccc(F)c1. The minimum Gasteiger partial charge on any atom is -0.478 e. The smallest absolute Gasteiger partial charge is 0.339 e. The van der Waals surface area contributed by atoms with Crippen molar-refractivity contribution in [3.8, 4) is 0 Å². The minimum atomic E-state index is -1.05. The lowest BCUT2D eigenvalue weighted by Gasteiger charge is -2.31. The fourth-order valence-electron chi connectivity index (χ4n) is 4.29. The second kappa shape index (κ2) is 10.2. The summed E-state index contributed by atoms with van der Waals surface area (Å²) >= 11 is 3.68. The Balaban J connectivity index is 1.67. The summed E-state index contributed by atoms with van der Waals surface area (Å²) in [6.07, 6.45) is 6.57. The van der Waals surface area contributed by atoms with Gasteiger partial charge in [-0.25, -0.2) is 19.2 Å². The van der Waals surface area contributed by atoms with E-state index in [2.05, 4.69) is 31.9 Å². The Hall–Kier alpha value is -2.80. The van der Waals surface area contributed by atoms with Crippen LogP contribution in [0.5, 0.6) is 0 Å². The van der Waals surface area contributed by atoms with Crippen molar-refractivity contribution in [1.82, 2.24) is 9.97 Å². The predicted molar refractivity (Wildman–Crippen MR) is 125 cm³/mol. The molecule has 0 bridgehead atoms. The summed E-state index contributed by atoms with van der Waals surface area (Å²) in [5.74, 6) is -0.805. The van der Waals surface area contributed by atoms with Crippen LogP contribution in [0.15, 0.2) is 59.2 Å². The van der Waals surface area contributed by atoms with Gasteiger partial charge in [0.05, 0.1) is 17.3 Å². The molecule has 1 atom stereocenters. The van der Waals surface area contributed by atoms with Crippen molar-refractivity contribution in [3.63, 3.8) is 0 Å². The van der Waals surface area contributed by atoms with E-state index in [1.54, 1.807) is 6.07 Å². The molecule has 1 aromatic heterocycles. The van der Waals surface area contributed by atoms with Crippen LogP contribution in [-0.2, 0) is 12.8 Å². The van der Waals surface area contributed by atoms with Gasteiger partial charge >= 0.3 is 5.97 Å². The number of benzene rings is 2. The van der Waals surface area contributed by atoms with Gasteiger partial charge in [0.25, 0.3) is 0 Å². The molecule has 0 radical (unpaired) electrons. The number of carboxylic acid groups (broad SMARTS) is 1. The van der Waals surface area contributed by atoms with E-state index in [0.29, 0.717) is 24.5 Å². The Morgan fingerprint density at radius 3 is 2.75 bits per heavy atom. The first-order valence-electron chi connectivity index (χ1n) is 10.9. The van der Waals surface area contributed by atoms with Gasteiger partial charge in [-0.3, -0.25) is 0 Å². The van der Waals surface area contributed by atoms with Gasteiger partial charge in [0.2, 0.25) is 5.95 Å². The standard InChI is InChI=1S/C25H25BrFN3O2/c26-21-10-4-3-9-19(21)23-11-2-1-5-14-30(23)25-28-16-20(24(31)32)22(29-25)13-12-17-7-6-8-18(27)15-17/h3-4,6-10,15-16,23H,1-2,5,11-14H2,(H,31,32)/t23-/m1/s1. The normalized spacial score (nSPS) is 16.6. The molecular formula is C25H25BrFN3O2. The van der Waals surface area contributed by atoms with Crippen LogP contribution in [0.1, 0.15) is 58.9 Å². The predicted octanol–water partition coefficient (Wildman–Crippen LogP) is 5.98. The van der Waals surface area contributed by atoms with E-state index in [1.807, 2.05) is 24.3 Å². The fraction of sp³-hybridized carbons (Fsp3) is 0.320. The highest BCUT2D eigenvalue weighted by Crippen LogP contribution is 2.36. The molecule has 0 saturated carbocycles. The Morgan fingerprint density at radius 2 is 1.97 bits per heavy atom. The highest BCUT2D eigenvalue weighted by Gasteiger charge is 2.27. The zero-order valence-corrected chi connectivity index (χ0v) is 19.3. The molecule has 0 unspecified atom stereocenters. The van der Waals surface area contributed by atoms with E-state index >= 15 is 0 Å². The van der Waals surface area contributed by atoms with Gasteiger partial charge in [-0.15, -0.1) is 0 Å². The number of carbonyl (C=O) groups is 1. The molecule has 4 rings (SSSR count). The molecule has 2 heterocycles. The zero-order chi connectivity index (χ0) is 22.5. The molecule has 7 heteroatoms. The first-order valence-corrected chi connectivity index (χ1v) is 11.7. The van der Waals surface area contributed by atoms with Gasteiger partial charge in [0.15, 0.2) is 0 Å². The van der Waals surface area contributed by atoms with Crippen molar-refractivity contribution in [2.45, 2.75) is 44.6 Å². The number of carboxylic acids is 1. The first kappa shape index (κ1) is 22.4. The van der Waals surface area contributed by atoms with Crippen LogP contribution in [0.25, 0.3) is 0 Å². The Labute approximate surface area is 195 Å². The summed E-state index contributed by atoms with van der Waals surface area (Å²) < 4.78 is 14.6. The molecule has 0 amide bonds. The first-order chi connectivity index (χ1) is 15.5. The largest absolute Gasteiger partial charge is 0.478 e. The van der Waals surface area contributed by atoms with Crippen molar-refractivity contribution in [1.29, 1.82) is 0 Å². The Bertz CT molecular complexity index is 1110. The molecule has 1 aliphatic heterocycles. The van der Waals surface area contributed by atoms with Crippen LogP contribution in [0.3, 0.4) is 0 Å². The summed E-state index contributed by atoms with van der Waals surface area (Å²) in [5, 5.41) is 9.66. The molecule has 3 aromatic rings. The highest BCUT2D eigenvalue weighted by molar-refractivity contribution is 9.10. The Kier molecular flexibility index (Phi) is 7.15. The number of anilines is 1. The zero-order valence-electron chi connectivity index (χ0n) is 17.7. The lowest BCUT2D eigenvalue weighted by molar-refractivity contribution is 0.0694. The average molecular weight is 498 g/mol. The molecule has 0 spiro atoms. The van der Waals surface area contributed by atoms with E-state index in [-0.39, 0.29) is 17.4 Å². The Morgan fingerprint density at radius 1 is 1.12 bits per heavy atom.